The lowest BCUT2D eigenvalue weighted by Crippen LogP contribution is -2.00. The molecule has 4 nitrogen and oxygen atoms in total. The van der Waals surface area contributed by atoms with Crippen LogP contribution in [0.5, 0.6) is 0 Å². The second-order valence-corrected chi connectivity index (χ2v) is 4.78. The largest absolute Gasteiger partial charge is 0.388 e. The zero-order chi connectivity index (χ0) is 13.0. The molecule has 18 heavy (non-hydrogen) atoms. The first-order chi connectivity index (χ1) is 8.69. The third-order valence-electron chi connectivity index (χ3n) is 2.47. The highest BCUT2D eigenvalue weighted by molar-refractivity contribution is 7.99. The van der Waals surface area contributed by atoms with E-state index >= 15 is 0 Å². The first-order valence-corrected chi connectivity index (χ1v) is 6.65. The lowest BCUT2D eigenvalue weighted by Gasteiger charge is -2.08. The molecule has 2 N–H and O–H groups in total. The van der Waals surface area contributed by atoms with Crippen LogP contribution in [0.2, 0.25) is 0 Å². The van der Waals surface area contributed by atoms with Gasteiger partial charge in [-0.15, -0.1) is 5.10 Å². The van der Waals surface area contributed by atoms with Gasteiger partial charge >= 0.3 is 0 Å². The number of aliphatic hydroxyl groups is 1. The van der Waals surface area contributed by atoms with Gasteiger partial charge in [0.05, 0.1) is 6.10 Å². The summed E-state index contributed by atoms with van der Waals surface area (Å²) in [6.45, 7) is 1.99. The molecule has 0 aliphatic rings. The molecule has 2 aromatic rings. The van der Waals surface area contributed by atoms with E-state index in [0.29, 0.717) is 16.5 Å². The number of aromatic amines is 1. The molecule has 2 rings (SSSR count). The van der Waals surface area contributed by atoms with Crippen molar-refractivity contribution in [2.24, 2.45) is 0 Å². The van der Waals surface area contributed by atoms with Crippen molar-refractivity contribution in [2.75, 3.05) is 5.75 Å². The van der Waals surface area contributed by atoms with Crippen LogP contribution in [0.3, 0.4) is 0 Å². The van der Waals surface area contributed by atoms with Crippen molar-refractivity contribution >= 4 is 11.8 Å². The molecule has 1 heterocycles. The number of halogens is 1. The Labute approximate surface area is 109 Å². The number of nitrogens with one attached hydrogen (secondary N) is 1. The summed E-state index contributed by atoms with van der Waals surface area (Å²) in [5, 5.41) is 17.4. The first kappa shape index (κ1) is 13.0. The van der Waals surface area contributed by atoms with Crippen LogP contribution in [-0.2, 0) is 6.42 Å². The monoisotopic (exact) mass is 267 g/mol. The molecule has 1 aromatic heterocycles. The summed E-state index contributed by atoms with van der Waals surface area (Å²) >= 11 is 1.37. The lowest BCUT2D eigenvalue weighted by molar-refractivity contribution is 0.204. The summed E-state index contributed by atoms with van der Waals surface area (Å²) in [4.78, 5) is 4.23. The Morgan fingerprint density at radius 2 is 2.11 bits per heavy atom. The van der Waals surface area contributed by atoms with Crippen molar-refractivity contribution in [2.45, 2.75) is 24.6 Å². The zero-order valence-electron chi connectivity index (χ0n) is 9.93. The van der Waals surface area contributed by atoms with E-state index in [4.69, 9.17) is 0 Å². The predicted molar refractivity (Wildman–Crippen MR) is 67.8 cm³/mol. The summed E-state index contributed by atoms with van der Waals surface area (Å²) in [6.07, 6.45) is 0.146. The third-order valence-corrected chi connectivity index (χ3v) is 3.39. The van der Waals surface area contributed by atoms with Crippen LogP contribution in [0.25, 0.3) is 0 Å². The smallest absolute Gasteiger partial charge is 0.208 e. The maximum absolute atomic E-state index is 12.7. The Kier molecular flexibility index (Phi) is 4.33. The van der Waals surface area contributed by atoms with Gasteiger partial charge in [0.15, 0.2) is 0 Å². The van der Waals surface area contributed by atoms with E-state index in [-0.39, 0.29) is 5.82 Å². The highest BCUT2D eigenvalue weighted by atomic mass is 32.2. The van der Waals surface area contributed by atoms with E-state index in [1.165, 1.54) is 23.9 Å². The van der Waals surface area contributed by atoms with Crippen molar-refractivity contribution < 1.29 is 9.50 Å². The summed E-state index contributed by atoms with van der Waals surface area (Å²) in [7, 11) is 0. The zero-order valence-corrected chi connectivity index (χ0v) is 10.7. The van der Waals surface area contributed by atoms with E-state index in [1.807, 2.05) is 6.92 Å². The maximum atomic E-state index is 12.7. The molecule has 6 heteroatoms. The second-order valence-electron chi connectivity index (χ2n) is 3.80. The Morgan fingerprint density at radius 3 is 2.72 bits per heavy atom. The fourth-order valence-electron chi connectivity index (χ4n) is 1.44. The summed E-state index contributed by atoms with van der Waals surface area (Å²) in [6, 6.07) is 5.84. The van der Waals surface area contributed by atoms with Crippen molar-refractivity contribution in [3.63, 3.8) is 0 Å². The molecule has 0 aliphatic heterocycles. The number of aryl methyl sites for hydroxylation is 1. The van der Waals surface area contributed by atoms with Crippen LogP contribution in [0.15, 0.2) is 29.4 Å². The molecule has 0 radical (unpaired) electrons. The van der Waals surface area contributed by atoms with Crippen molar-refractivity contribution in [1.82, 2.24) is 15.2 Å². The molecule has 0 spiro atoms. The molecule has 0 bridgehead atoms. The second kappa shape index (κ2) is 5.97. The van der Waals surface area contributed by atoms with Crippen LogP contribution < -0.4 is 0 Å². The van der Waals surface area contributed by atoms with E-state index in [2.05, 4.69) is 15.2 Å². The van der Waals surface area contributed by atoms with Gasteiger partial charge in [0.25, 0.3) is 0 Å². The fraction of sp³-hybridized carbons (Fsp3) is 0.333. The SMILES string of the molecule is CCc1nc(SCC(O)c2ccc(F)cc2)n[nH]1. The number of H-pyrrole nitrogens is 1. The van der Waals surface area contributed by atoms with Gasteiger partial charge in [-0.05, 0) is 17.7 Å². The highest BCUT2D eigenvalue weighted by Crippen LogP contribution is 2.22. The molecule has 1 unspecified atom stereocenters. The number of aliphatic hydroxyl groups excluding tert-OH is 1. The van der Waals surface area contributed by atoms with Gasteiger partial charge in [0, 0.05) is 12.2 Å². The number of hydrogen-bond acceptors (Lipinski definition) is 4. The molecule has 0 aliphatic carbocycles. The van der Waals surface area contributed by atoms with Crippen molar-refractivity contribution in [1.29, 1.82) is 0 Å². The molecule has 96 valence electrons. The average Bonchev–Trinajstić information content (AvgIpc) is 2.85. The molecular formula is C12H14FN3OS. The minimum Gasteiger partial charge on any atom is -0.388 e. The molecule has 0 saturated carbocycles. The normalized spacial score (nSPS) is 12.6. The maximum Gasteiger partial charge on any atom is 0.208 e. The quantitative estimate of drug-likeness (QED) is 0.816. The number of benzene rings is 1. The number of rotatable bonds is 5. The van der Waals surface area contributed by atoms with Gasteiger partial charge < -0.3 is 5.11 Å². The highest BCUT2D eigenvalue weighted by Gasteiger charge is 2.10. The van der Waals surface area contributed by atoms with E-state index in [0.717, 1.165) is 12.2 Å². The van der Waals surface area contributed by atoms with E-state index in [1.54, 1.807) is 12.1 Å². The Bertz CT molecular complexity index is 500. The van der Waals surface area contributed by atoms with Crippen LogP contribution in [0.1, 0.15) is 24.4 Å². The Hall–Kier alpha value is -1.40. The fourth-order valence-corrected chi connectivity index (χ4v) is 2.22. The minimum atomic E-state index is -0.654. The number of hydrogen-bond donors (Lipinski definition) is 2. The molecule has 0 saturated heterocycles. The van der Waals surface area contributed by atoms with Crippen LogP contribution in [-0.4, -0.2) is 26.0 Å². The molecule has 0 fully saturated rings. The topological polar surface area (TPSA) is 61.8 Å². The van der Waals surface area contributed by atoms with Gasteiger partial charge in [-0.25, -0.2) is 9.37 Å². The van der Waals surface area contributed by atoms with Gasteiger partial charge in [-0.2, -0.15) is 0 Å². The molecular weight excluding hydrogens is 253 g/mol. The Morgan fingerprint density at radius 1 is 1.39 bits per heavy atom. The van der Waals surface area contributed by atoms with Gasteiger partial charge in [0.2, 0.25) is 5.16 Å². The molecule has 1 aromatic carbocycles. The van der Waals surface area contributed by atoms with Crippen molar-refractivity contribution in [3.8, 4) is 0 Å². The number of aromatic nitrogens is 3. The van der Waals surface area contributed by atoms with Crippen LogP contribution >= 0.6 is 11.8 Å². The number of thioether (sulfide) groups is 1. The predicted octanol–water partition coefficient (Wildman–Crippen LogP) is 2.33. The van der Waals surface area contributed by atoms with Gasteiger partial charge in [-0.3, -0.25) is 5.10 Å². The van der Waals surface area contributed by atoms with Gasteiger partial charge in [0.1, 0.15) is 11.6 Å². The minimum absolute atomic E-state index is 0.305. The average molecular weight is 267 g/mol. The molecule has 1 atom stereocenters. The standard InChI is InChI=1S/C12H14FN3OS/c1-2-11-14-12(16-15-11)18-7-10(17)8-3-5-9(13)6-4-8/h3-6,10,17H,2,7H2,1H3,(H,14,15,16). The summed E-state index contributed by atoms with van der Waals surface area (Å²) in [5.74, 6) is 0.959. The molecule has 0 amide bonds. The first-order valence-electron chi connectivity index (χ1n) is 5.66. The van der Waals surface area contributed by atoms with Crippen LogP contribution in [0, 0.1) is 5.82 Å². The lowest BCUT2D eigenvalue weighted by atomic mass is 10.1. The van der Waals surface area contributed by atoms with E-state index in [9.17, 15) is 9.50 Å². The van der Waals surface area contributed by atoms with Gasteiger partial charge in [-0.1, -0.05) is 30.8 Å². The van der Waals surface area contributed by atoms with Crippen LogP contribution in [0.4, 0.5) is 4.39 Å². The van der Waals surface area contributed by atoms with E-state index < -0.39 is 6.10 Å². The third kappa shape index (κ3) is 3.30. The van der Waals surface area contributed by atoms with Crippen molar-refractivity contribution in [3.05, 3.63) is 41.5 Å². The summed E-state index contributed by atoms with van der Waals surface area (Å²) in [5.41, 5.74) is 0.690. The number of nitrogens with zero attached hydrogens (tertiary/aromatic N) is 2. The Balaban J connectivity index is 1.91. The summed E-state index contributed by atoms with van der Waals surface area (Å²) < 4.78 is 12.7.